The fourth-order valence-corrected chi connectivity index (χ4v) is 5.28. The summed E-state index contributed by atoms with van der Waals surface area (Å²) in [5, 5.41) is 15.5. The number of hydrogen-bond acceptors (Lipinski definition) is 6. The van der Waals surface area contributed by atoms with E-state index in [1.165, 1.54) is 0 Å². The summed E-state index contributed by atoms with van der Waals surface area (Å²) in [5.74, 6) is 1.49. The summed E-state index contributed by atoms with van der Waals surface area (Å²) in [6, 6.07) is 6.94. The molecule has 9 heteroatoms. The molecular weight excluding hydrogens is 454 g/mol. The van der Waals surface area contributed by atoms with Crippen molar-refractivity contribution in [1.29, 1.82) is 0 Å². The number of aliphatic hydroxyl groups is 1. The number of likely N-dealkylation sites (tertiary alicyclic amines) is 1. The van der Waals surface area contributed by atoms with E-state index in [2.05, 4.69) is 11.8 Å². The molecule has 180 valence electrons. The summed E-state index contributed by atoms with van der Waals surface area (Å²) in [5.41, 5.74) is 3.03. The zero-order valence-corrected chi connectivity index (χ0v) is 20.5. The lowest BCUT2D eigenvalue weighted by atomic mass is 9.98. The van der Waals surface area contributed by atoms with E-state index in [1.54, 1.807) is 29.8 Å². The minimum absolute atomic E-state index is 0.106. The minimum atomic E-state index is -0.344. The largest absolute Gasteiger partial charge is 0.496 e. The molecule has 5 rings (SSSR count). The van der Waals surface area contributed by atoms with Crippen LogP contribution in [-0.4, -0.2) is 63.4 Å². The Morgan fingerprint density at radius 1 is 1.24 bits per heavy atom. The average Bonchev–Trinajstić information content (AvgIpc) is 3.40. The van der Waals surface area contributed by atoms with E-state index < -0.39 is 0 Å². The Morgan fingerprint density at radius 3 is 2.79 bits per heavy atom. The number of carbonyl (C=O) groups is 1. The second kappa shape index (κ2) is 9.07. The van der Waals surface area contributed by atoms with Crippen LogP contribution in [-0.2, 0) is 0 Å². The van der Waals surface area contributed by atoms with E-state index in [0.29, 0.717) is 29.4 Å². The van der Waals surface area contributed by atoms with E-state index in [-0.39, 0.29) is 24.0 Å². The van der Waals surface area contributed by atoms with Gasteiger partial charge in [0.15, 0.2) is 5.65 Å². The molecule has 0 saturated carbocycles. The molecule has 0 bridgehead atoms. The highest BCUT2D eigenvalue weighted by molar-refractivity contribution is 6.31. The first kappa shape index (κ1) is 22.9. The van der Waals surface area contributed by atoms with Gasteiger partial charge in [0, 0.05) is 48.4 Å². The molecule has 8 nitrogen and oxygen atoms in total. The van der Waals surface area contributed by atoms with E-state index in [1.807, 2.05) is 24.1 Å². The number of aryl methyl sites for hydroxylation is 1. The smallest absolute Gasteiger partial charge is 0.258 e. The summed E-state index contributed by atoms with van der Waals surface area (Å²) in [7, 11) is 1.56. The first-order chi connectivity index (χ1) is 16.4. The van der Waals surface area contributed by atoms with Crippen molar-refractivity contribution in [3.05, 3.63) is 52.3 Å². The zero-order valence-electron chi connectivity index (χ0n) is 19.7. The van der Waals surface area contributed by atoms with Crippen LogP contribution in [0.4, 0.5) is 5.82 Å². The van der Waals surface area contributed by atoms with Gasteiger partial charge in [0.1, 0.15) is 11.6 Å². The second-order valence-electron chi connectivity index (χ2n) is 9.42. The van der Waals surface area contributed by atoms with Gasteiger partial charge in [-0.15, -0.1) is 0 Å². The number of aromatic nitrogens is 3. The highest BCUT2D eigenvalue weighted by Gasteiger charge is 2.33. The van der Waals surface area contributed by atoms with Crippen molar-refractivity contribution in [3.8, 4) is 5.75 Å². The molecule has 2 aliphatic rings. The lowest BCUT2D eigenvalue weighted by Crippen LogP contribution is -2.38. The molecule has 1 amide bonds. The standard InChI is InChI=1S/C25H30ClN5O3/c1-15-12-29(14-21(15)32)24-16(2)13-31-23(27-24)11-19(28-31)20-6-4-5-9-30(20)25(33)18-10-17(26)7-8-22(18)34-3/h7-8,10-11,13,15,20-21,32H,4-6,9,12,14H2,1-3H3/t15-,20+,21+/m1/s1. The van der Waals surface area contributed by atoms with E-state index >= 15 is 0 Å². The number of carbonyl (C=O) groups excluding carboxylic acids is 1. The number of halogens is 1. The maximum absolute atomic E-state index is 13.6. The van der Waals surface area contributed by atoms with Crippen molar-refractivity contribution >= 4 is 29.0 Å². The average molecular weight is 484 g/mol. The summed E-state index contributed by atoms with van der Waals surface area (Å²) in [4.78, 5) is 22.5. The number of rotatable bonds is 4. The van der Waals surface area contributed by atoms with E-state index in [4.69, 9.17) is 26.4 Å². The number of piperidine rings is 1. The molecule has 3 aromatic rings. The number of benzene rings is 1. The van der Waals surface area contributed by atoms with Crippen molar-refractivity contribution in [3.63, 3.8) is 0 Å². The molecule has 0 aliphatic carbocycles. The minimum Gasteiger partial charge on any atom is -0.496 e. The maximum Gasteiger partial charge on any atom is 0.258 e. The molecule has 2 aliphatic heterocycles. The van der Waals surface area contributed by atoms with Gasteiger partial charge in [0.05, 0.1) is 30.5 Å². The third-order valence-corrected chi connectivity index (χ3v) is 7.23. The molecule has 0 radical (unpaired) electrons. The van der Waals surface area contributed by atoms with Crippen LogP contribution in [0.2, 0.25) is 5.02 Å². The molecule has 0 spiro atoms. The van der Waals surface area contributed by atoms with Crippen molar-refractivity contribution in [2.75, 3.05) is 31.6 Å². The highest BCUT2D eigenvalue weighted by Crippen LogP contribution is 2.35. The lowest BCUT2D eigenvalue weighted by Gasteiger charge is -2.35. The monoisotopic (exact) mass is 483 g/mol. The van der Waals surface area contributed by atoms with Crippen LogP contribution >= 0.6 is 11.6 Å². The van der Waals surface area contributed by atoms with Crippen molar-refractivity contribution in [2.24, 2.45) is 5.92 Å². The number of methoxy groups -OCH3 is 1. The predicted molar refractivity (Wildman–Crippen MR) is 131 cm³/mol. The second-order valence-corrected chi connectivity index (χ2v) is 9.86. The Bertz CT molecular complexity index is 1220. The Kier molecular flexibility index (Phi) is 6.12. The predicted octanol–water partition coefficient (Wildman–Crippen LogP) is 3.88. The van der Waals surface area contributed by atoms with Crippen LogP contribution < -0.4 is 9.64 Å². The van der Waals surface area contributed by atoms with E-state index in [0.717, 1.165) is 48.5 Å². The number of aliphatic hydroxyl groups excluding tert-OH is 1. The van der Waals surface area contributed by atoms with Gasteiger partial charge in [0.25, 0.3) is 5.91 Å². The number of ether oxygens (including phenoxy) is 1. The molecule has 2 saturated heterocycles. The number of hydrogen-bond donors (Lipinski definition) is 1. The summed E-state index contributed by atoms with van der Waals surface area (Å²) in [6.07, 6.45) is 4.43. The number of nitrogens with zero attached hydrogens (tertiary/aromatic N) is 5. The molecule has 34 heavy (non-hydrogen) atoms. The lowest BCUT2D eigenvalue weighted by molar-refractivity contribution is 0.0602. The van der Waals surface area contributed by atoms with Gasteiger partial charge in [-0.25, -0.2) is 9.50 Å². The SMILES string of the molecule is COc1ccc(Cl)cc1C(=O)N1CCCC[C@H]1c1cc2nc(N3C[C@@H](C)[C@@H](O)C3)c(C)cn2n1. The third kappa shape index (κ3) is 4.09. The summed E-state index contributed by atoms with van der Waals surface area (Å²) < 4.78 is 7.23. The van der Waals surface area contributed by atoms with Gasteiger partial charge in [-0.3, -0.25) is 4.79 Å². The van der Waals surface area contributed by atoms with Gasteiger partial charge in [-0.1, -0.05) is 18.5 Å². The molecule has 2 fully saturated rings. The molecule has 3 atom stereocenters. The van der Waals surface area contributed by atoms with Crippen LogP contribution in [0.1, 0.15) is 53.8 Å². The number of amides is 1. The Balaban J connectivity index is 1.48. The van der Waals surface area contributed by atoms with Crippen LogP contribution in [0.5, 0.6) is 5.75 Å². The molecule has 1 N–H and O–H groups in total. The van der Waals surface area contributed by atoms with Gasteiger partial charge in [0.2, 0.25) is 0 Å². The van der Waals surface area contributed by atoms with Crippen molar-refractivity contribution in [2.45, 2.75) is 45.3 Å². The van der Waals surface area contributed by atoms with Gasteiger partial charge in [-0.2, -0.15) is 5.10 Å². The number of fused-ring (bicyclic) bond motifs is 1. The molecule has 1 aromatic carbocycles. The van der Waals surface area contributed by atoms with Crippen LogP contribution in [0.15, 0.2) is 30.5 Å². The Labute approximate surface area is 204 Å². The van der Waals surface area contributed by atoms with Crippen LogP contribution in [0.3, 0.4) is 0 Å². The van der Waals surface area contributed by atoms with E-state index in [9.17, 15) is 9.90 Å². The topological polar surface area (TPSA) is 83.2 Å². The van der Waals surface area contributed by atoms with Crippen LogP contribution in [0, 0.1) is 12.8 Å². The van der Waals surface area contributed by atoms with Crippen molar-refractivity contribution in [1.82, 2.24) is 19.5 Å². The molecule has 0 unspecified atom stereocenters. The first-order valence-corrected chi connectivity index (χ1v) is 12.2. The Morgan fingerprint density at radius 2 is 2.06 bits per heavy atom. The summed E-state index contributed by atoms with van der Waals surface area (Å²) in [6.45, 7) is 6.07. The van der Waals surface area contributed by atoms with Crippen LogP contribution in [0.25, 0.3) is 5.65 Å². The maximum atomic E-state index is 13.6. The molecule has 2 aromatic heterocycles. The summed E-state index contributed by atoms with van der Waals surface area (Å²) >= 11 is 6.20. The number of anilines is 1. The fraction of sp³-hybridized carbons (Fsp3) is 0.480. The third-order valence-electron chi connectivity index (χ3n) is 6.99. The van der Waals surface area contributed by atoms with Crippen molar-refractivity contribution < 1.29 is 14.6 Å². The normalized spacial score (nSPS) is 23.0. The first-order valence-electron chi connectivity index (χ1n) is 11.8. The number of β-amino-alcohol motifs (C(OH)–C–C–N with tert-alkyl or cyclic N) is 1. The molecular formula is C25H30ClN5O3. The zero-order chi connectivity index (χ0) is 24.0. The molecule has 4 heterocycles. The Hall–Kier alpha value is -2.84. The van der Waals surface area contributed by atoms with Gasteiger partial charge >= 0.3 is 0 Å². The van der Waals surface area contributed by atoms with Gasteiger partial charge in [-0.05, 0) is 44.4 Å². The quantitative estimate of drug-likeness (QED) is 0.606. The fourth-order valence-electron chi connectivity index (χ4n) is 5.11. The van der Waals surface area contributed by atoms with Gasteiger partial charge < -0.3 is 19.6 Å². The highest BCUT2D eigenvalue weighted by atomic mass is 35.5.